The molecule has 0 aliphatic carbocycles. The molecule has 0 spiro atoms. The van der Waals surface area contributed by atoms with E-state index in [0.29, 0.717) is 18.2 Å². The second kappa shape index (κ2) is 6.94. The lowest BCUT2D eigenvalue weighted by molar-refractivity contribution is 0.0939. The third-order valence-corrected chi connectivity index (χ3v) is 3.76. The van der Waals surface area contributed by atoms with Crippen molar-refractivity contribution in [1.82, 2.24) is 9.88 Å². The first kappa shape index (κ1) is 17.2. The van der Waals surface area contributed by atoms with Crippen LogP contribution in [0.25, 0.3) is 0 Å². The van der Waals surface area contributed by atoms with Gasteiger partial charge in [0.1, 0.15) is 17.3 Å². The lowest BCUT2D eigenvalue weighted by Crippen LogP contribution is -2.30. The van der Waals surface area contributed by atoms with Gasteiger partial charge in [0, 0.05) is 17.8 Å². The van der Waals surface area contributed by atoms with Crippen molar-refractivity contribution in [3.63, 3.8) is 0 Å². The summed E-state index contributed by atoms with van der Waals surface area (Å²) in [6, 6.07) is 5.63. The van der Waals surface area contributed by atoms with Gasteiger partial charge in [-0.15, -0.1) is 0 Å². The molecule has 1 N–H and O–H groups in total. The predicted molar refractivity (Wildman–Crippen MR) is 86.5 cm³/mol. The molecule has 1 heterocycles. The molecule has 2 rings (SSSR count). The highest BCUT2D eigenvalue weighted by atomic mass is 19.1. The van der Waals surface area contributed by atoms with E-state index in [0.717, 1.165) is 11.3 Å². The largest absolute Gasteiger partial charge is 0.350 e. The Morgan fingerprint density at radius 1 is 1.22 bits per heavy atom. The molecule has 1 aromatic carbocycles. The minimum atomic E-state index is -0.607. The highest BCUT2D eigenvalue weighted by Gasteiger charge is 2.19. The lowest BCUT2D eigenvalue weighted by atomic mass is 10.2. The summed E-state index contributed by atoms with van der Waals surface area (Å²) in [5.74, 6) is -1.11. The van der Waals surface area contributed by atoms with Gasteiger partial charge in [0.25, 0.3) is 5.91 Å². The molecule has 124 valence electrons. The Morgan fingerprint density at radius 3 is 2.39 bits per heavy atom. The summed E-state index contributed by atoms with van der Waals surface area (Å²) < 4.78 is 29.5. The van der Waals surface area contributed by atoms with Gasteiger partial charge in [-0.3, -0.25) is 4.79 Å². The maximum absolute atomic E-state index is 13.9. The highest BCUT2D eigenvalue weighted by molar-refractivity contribution is 5.94. The Hall–Kier alpha value is -2.17. The van der Waals surface area contributed by atoms with E-state index in [1.807, 2.05) is 33.8 Å². The topological polar surface area (TPSA) is 34.0 Å². The summed E-state index contributed by atoms with van der Waals surface area (Å²) in [5.41, 5.74) is 2.00. The number of aryl methyl sites for hydroxylation is 2. The number of carbonyl (C=O) groups excluding carboxylic acids is 1. The number of hydrogen-bond donors (Lipinski definition) is 1. The van der Waals surface area contributed by atoms with Gasteiger partial charge in [0.15, 0.2) is 0 Å². The van der Waals surface area contributed by atoms with E-state index in [-0.39, 0.29) is 18.0 Å². The summed E-state index contributed by atoms with van der Waals surface area (Å²) in [7, 11) is 0. The average Bonchev–Trinajstić information content (AvgIpc) is 2.74. The summed E-state index contributed by atoms with van der Waals surface area (Å²) in [4.78, 5) is 12.4. The number of halogens is 2. The number of benzene rings is 1. The van der Waals surface area contributed by atoms with Crippen molar-refractivity contribution in [3.8, 4) is 0 Å². The third-order valence-electron chi connectivity index (χ3n) is 3.76. The zero-order valence-corrected chi connectivity index (χ0v) is 13.9. The molecule has 0 bridgehead atoms. The highest BCUT2D eigenvalue weighted by Crippen LogP contribution is 2.20. The van der Waals surface area contributed by atoms with Crippen LogP contribution in [0.1, 0.15) is 41.2 Å². The quantitative estimate of drug-likeness (QED) is 0.893. The van der Waals surface area contributed by atoms with Crippen LogP contribution in [0.4, 0.5) is 8.78 Å². The first-order valence-corrected chi connectivity index (χ1v) is 7.69. The summed E-state index contributed by atoms with van der Waals surface area (Å²) in [6.45, 7) is 8.20. The van der Waals surface area contributed by atoms with Crippen LogP contribution < -0.4 is 5.32 Å². The molecule has 1 aromatic heterocycles. The first-order chi connectivity index (χ1) is 10.8. The molecule has 23 heavy (non-hydrogen) atoms. The van der Waals surface area contributed by atoms with Crippen molar-refractivity contribution in [3.05, 3.63) is 58.4 Å². The number of hydrogen-bond acceptors (Lipinski definition) is 1. The van der Waals surface area contributed by atoms with Crippen LogP contribution in [0.2, 0.25) is 0 Å². The molecule has 0 fully saturated rings. The van der Waals surface area contributed by atoms with Crippen molar-refractivity contribution in [2.24, 2.45) is 5.92 Å². The first-order valence-electron chi connectivity index (χ1n) is 7.69. The predicted octanol–water partition coefficient (Wildman–Crippen LogP) is 3.82. The molecule has 0 saturated heterocycles. The number of nitrogens with one attached hydrogen (secondary N) is 1. The maximum atomic E-state index is 13.9. The fourth-order valence-corrected chi connectivity index (χ4v) is 2.58. The summed E-state index contributed by atoms with van der Waals surface area (Å²) in [5, 5.41) is 2.86. The number of amides is 1. The van der Waals surface area contributed by atoms with E-state index in [9.17, 15) is 13.6 Å². The van der Waals surface area contributed by atoms with Gasteiger partial charge >= 0.3 is 0 Å². The van der Waals surface area contributed by atoms with Crippen LogP contribution in [0.5, 0.6) is 0 Å². The Morgan fingerprint density at radius 2 is 1.83 bits per heavy atom. The van der Waals surface area contributed by atoms with Crippen molar-refractivity contribution < 1.29 is 13.6 Å². The van der Waals surface area contributed by atoms with Gasteiger partial charge in [-0.2, -0.15) is 0 Å². The average molecular weight is 320 g/mol. The van der Waals surface area contributed by atoms with Gasteiger partial charge in [0.2, 0.25) is 0 Å². The van der Waals surface area contributed by atoms with Crippen LogP contribution in [0.3, 0.4) is 0 Å². The SMILES string of the molecule is Cc1cc(C)n(Cc2c(F)cccc2F)c1C(=O)NCC(C)C. The van der Waals surface area contributed by atoms with E-state index < -0.39 is 11.6 Å². The normalized spacial score (nSPS) is 11.1. The van der Waals surface area contributed by atoms with E-state index in [1.165, 1.54) is 18.2 Å². The van der Waals surface area contributed by atoms with Gasteiger partial charge in [-0.1, -0.05) is 19.9 Å². The molecular weight excluding hydrogens is 298 g/mol. The molecule has 0 unspecified atom stereocenters. The van der Waals surface area contributed by atoms with Crippen molar-refractivity contribution in [2.75, 3.05) is 6.54 Å². The second-order valence-corrected chi connectivity index (χ2v) is 6.21. The van der Waals surface area contributed by atoms with Crippen LogP contribution >= 0.6 is 0 Å². The molecule has 0 radical (unpaired) electrons. The summed E-state index contributed by atoms with van der Waals surface area (Å²) >= 11 is 0. The zero-order valence-electron chi connectivity index (χ0n) is 13.9. The Labute approximate surface area is 135 Å². The van der Waals surface area contributed by atoms with Crippen LogP contribution in [-0.4, -0.2) is 17.0 Å². The van der Waals surface area contributed by atoms with Gasteiger partial charge in [-0.05, 0) is 43.5 Å². The van der Waals surface area contributed by atoms with E-state index in [4.69, 9.17) is 0 Å². The number of rotatable bonds is 5. The van der Waals surface area contributed by atoms with Gasteiger partial charge < -0.3 is 9.88 Å². The van der Waals surface area contributed by atoms with Crippen LogP contribution in [-0.2, 0) is 6.54 Å². The molecule has 1 amide bonds. The molecule has 2 aromatic rings. The van der Waals surface area contributed by atoms with Gasteiger partial charge in [0.05, 0.1) is 6.54 Å². The Kier molecular flexibility index (Phi) is 5.19. The van der Waals surface area contributed by atoms with E-state index >= 15 is 0 Å². The molecule has 5 heteroatoms. The monoisotopic (exact) mass is 320 g/mol. The Balaban J connectivity index is 2.37. The van der Waals surface area contributed by atoms with Crippen molar-refractivity contribution >= 4 is 5.91 Å². The molecular formula is C18H22F2N2O. The third kappa shape index (κ3) is 3.78. The van der Waals surface area contributed by atoms with Crippen molar-refractivity contribution in [2.45, 2.75) is 34.2 Å². The molecule has 3 nitrogen and oxygen atoms in total. The minimum absolute atomic E-state index is 0.0113. The smallest absolute Gasteiger partial charge is 0.268 e. The number of carbonyl (C=O) groups is 1. The molecule has 0 atom stereocenters. The molecule has 0 aliphatic rings. The van der Waals surface area contributed by atoms with Crippen molar-refractivity contribution in [1.29, 1.82) is 0 Å². The maximum Gasteiger partial charge on any atom is 0.268 e. The Bertz CT molecular complexity index is 700. The standard InChI is InChI=1S/C18H22F2N2O/c1-11(2)9-21-18(23)17-12(3)8-13(4)22(17)10-14-15(19)6-5-7-16(14)20/h5-8,11H,9-10H2,1-4H3,(H,21,23). The zero-order chi connectivity index (χ0) is 17.1. The van der Waals surface area contributed by atoms with Crippen LogP contribution in [0, 0.1) is 31.4 Å². The van der Waals surface area contributed by atoms with E-state index in [2.05, 4.69) is 5.32 Å². The summed E-state index contributed by atoms with van der Waals surface area (Å²) in [6.07, 6.45) is 0. The molecule has 0 aliphatic heterocycles. The second-order valence-electron chi connectivity index (χ2n) is 6.21. The number of nitrogens with zero attached hydrogens (tertiary/aromatic N) is 1. The minimum Gasteiger partial charge on any atom is -0.350 e. The fourth-order valence-electron chi connectivity index (χ4n) is 2.58. The van der Waals surface area contributed by atoms with Crippen LogP contribution in [0.15, 0.2) is 24.3 Å². The molecule has 0 saturated carbocycles. The van der Waals surface area contributed by atoms with E-state index in [1.54, 1.807) is 4.57 Å². The lowest BCUT2D eigenvalue weighted by Gasteiger charge is -2.14. The van der Waals surface area contributed by atoms with Gasteiger partial charge in [-0.25, -0.2) is 8.78 Å². The number of aromatic nitrogens is 1. The fraction of sp³-hybridized carbons (Fsp3) is 0.389.